The van der Waals surface area contributed by atoms with Gasteiger partial charge in [-0.25, -0.2) is 0 Å². The first-order valence-electron chi connectivity index (χ1n) is 5.80. The van der Waals surface area contributed by atoms with Gasteiger partial charge in [-0.2, -0.15) is 0 Å². The van der Waals surface area contributed by atoms with Gasteiger partial charge in [0.1, 0.15) is 11.5 Å². The number of nitrogens with zero attached hydrogens (tertiary/aromatic N) is 1. The van der Waals surface area contributed by atoms with E-state index in [-0.39, 0.29) is 5.91 Å². The summed E-state index contributed by atoms with van der Waals surface area (Å²) >= 11 is 0. The second kappa shape index (κ2) is 5.86. The molecule has 1 amide bonds. The second-order valence-electron chi connectivity index (χ2n) is 3.72. The van der Waals surface area contributed by atoms with E-state index in [2.05, 4.69) is 15.6 Å². The highest BCUT2D eigenvalue weighted by molar-refractivity contribution is 5.93. The summed E-state index contributed by atoms with van der Waals surface area (Å²) in [6, 6.07) is 7.25. The molecule has 2 aromatic rings. The summed E-state index contributed by atoms with van der Waals surface area (Å²) < 4.78 is 5.21. The zero-order chi connectivity index (χ0) is 12.8. The lowest BCUT2D eigenvalue weighted by Gasteiger charge is -2.06. The molecule has 0 aliphatic carbocycles. The summed E-state index contributed by atoms with van der Waals surface area (Å²) in [5.41, 5.74) is 1.24. The predicted molar refractivity (Wildman–Crippen MR) is 68.3 cm³/mol. The van der Waals surface area contributed by atoms with Gasteiger partial charge >= 0.3 is 0 Å². The number of carbonyl (C=O) groups is 1. The van der Waals surface area contributed by atoms with Gasteiger partial charge in [-0.05, 0) is 31.2 Å². The van der Waals surface area contributed by atoms with Crippen LogP contribution >= 0.6 is 0 Å². The number of rotatable bonds is 5. The zero-order valence-corrected chi connectivity index (χ0v) is 10.1. The third-order valence-electron chi connectivity index (χ3n) is 2.38. The Labute approximate surface area is 105 Å². The average molecular weight is 245 g/mol. The molecule has 5 heteroatoms. The molecule has 0 saturated heterocycles. The lowest BCUT2D eigenvalue weighted by molar-refractivity contribution is 0.0951. The van der Waals surface area contributed by atoms with Gasteiger partial charge in [0.15, 0.2) is 0 Å². The van der Waals surface area contributed by atoms with E-state index in [0.29, 0.717) is 18.8 Å². The van der Waals surface area contributed by atoms with Crippen molar-refractivity contribution >= 4 is 11.6 Å². The lowest BCUT2D eigenvalue weighted by atomic mass is 10.3. The maximum atomic E-state index is 11.6. The molecule has 0 saturated carbocycles. The summed E-state index contributed by atoms with van der Waals surface area (Å²) in [4.78, 5) is 15.6. The molecular formula is C13H15N3O2. The van der Waals surface area contributed by atoms with Gasteiger partial charge in [0.25, 0.3) is 5.91 Å². The summed E-state index contributed by atoms with van der Waals surface area (Å²) in [5, 5.41) is 5.88. The number of anilines is 1. The Morgan fingerprint density at radius 3 is 3.06 bits per heavy atom. The number of carbonyl (C=O) groups excluding carboxylic acids is 1. The van der Waals surface area contributed by atoms with E-state index in [0.717, 1.165) is 11.4 Å². The zero-order valence-electron chi connectivity index (χ0n) is 10.1. The SMILES string of the molecule is CCNC(=O)c1cc(NCc2ccco2)ccn1. The van der Waals surface area contributed by atoms with Gasteiger partial charge in [-0.15, -0.1) is 0 Å². The van der Waals surface area contributed by atoms with Gasteiger partial charge in [0.05, 0.1) is 12.8 Å². The van der Waals surface area contributed by atoms with Crippen molar-refractivity contribution in [2.45, 2.75) is 13.5 Å². The van der Waals surface area contributed by atoms with E-state index < -0.39 is 0 Å². The molecule has 0 aromatic carbocycles. The topological polar surface area (TPSA) is 67.2 Å². The number of aromatic nitrogens is 1. The number of pyridine rings is 1. The molecule has 5 nitrogen and oxygen atoms in total. The molecular weight excluding hydrogens is 230 g/mol. The summed E-state index contributed by atoms with van der Waals surface area (Å²) in [5.74, 6) is 0.672. The first-order valence-corrected chi connectivity index (χ1v) is 5.80. The van der Waals surface area contributed by atoms with Crippen LogP contribution < -0.4 is 10.6 Å². The Hall–Kier alpha value is -2.30. The largest absolute Gasteiger partial charge is 0.467 e. The third-order valence-corrected chi connectivity index (χ3v) is 2.38. The Balaban J connectivity index is 2.01. The highest BCUT2D eigenvalue weighted by atomic mass is 16.3. The number of nitrogens with one attached hydrogen (secondary N) is 2. The molecule has 0 spiro atoms. The molecule has 0 atom stereocenters. The minimum absolute atomic E-state index is 0.167. The normalized spacial score (nSPS) is 10.1. The summed E-state index contributed by atoms with van der Waals surface area (Å²) in [6.07, 6.45) is 3.23. The second-order valence-corrected chi connectivity index (χ2v) is 3.72. The molecule has 0 aliphatic rings. The summed E-state index contributed by atoms with van der Waals surface area (Å²) in [6.45, 7) is 3.04. The van der Waals surface area contributed by atoms with Crippen molar-refractivity contribution in [3.63, 3.8) is 0 Å². The molecule has 2 aromatic heterocycles. The smallest absolute Gasteiger partial charge is 0.269 e. The van der Waals surface area contributed by atoms with Gasteiger partial charge < -0.3 is 15.1 Å². The Bertz CT molecular complexity index is 509. The minimum Gasteiger partial charge on any atom is -0.467 e. The van der Waals surface area contributed by atoms with E-state index in [4.69, 9.17) is 4.42 Å². The van der Waals surface area contributed by atoms with Crippen molar-refractivity contribution in [3.05, 3.63) is 48.2 Å². The molecule has 2 N–H and O–H groups in total. The van der Waals surface area contributed by atoms with Crippen LogP contribution in [0.15, 0.2) is 41.1 Å². The predicted octanol–water partition coefficient (Wildman–Crippen LogP) is 2.04. The van der Waals surface area contributed by atoms with Gasteiger partial charge in [0, 0.05) is 18.4 Å². The lowest BCUT2D eigenvalue weighted by Crippen LogP contribution is -2.23. The molecule has 0 radical (unpaired) electrons. The quantitative estimate of drug-likeness (QED) is 0.845. The maximum Gasteiger partial charge on any atom is 0.269 e. The molecule has 18 heavy (non-hydrogen) atoms. The monoisotopic (exact) mass is 245 g/mol. The Morgan fingerprint density at radius 1 is 1.44 bits per heavy atom. The van der Waals surface area contributed by atoms with Crippen LogP contribution in [0.25, 0.3) is 0 Å². The third kappa shape index (κ3) is 3.10. The Morgan fingerprint density at radius 2 is 2.33 bits per heavy atom. The molecule has 2 rings (SSSR count). The van der Waals surface area contributed by atoms with Crippen molar-refractivity contribution in [3.8, 4) is 0 Å². The summed E-state index contributed by atoms with van der Waals surface area (Å²) in [7, 11) is 0. The van der Waals surface area contributed by atoms with Crippen LogP contribution in [0.4, 0.5) is 5.69 Å². The fraction of sp³-hybridized carbons (Fsp3) is 0.231. The van der Waals surface area contributed by atoms with Crippen LogP contribution in [0.3, 0.4) is 0 Å². The van der Waals surface area contributed by atoms with Crippen LogP contribution in [0.5, 0.6) is 0 Å². The van der Waals surface area contributed by atoms with Crippen LogP contribution in [0.2, 0.25) is 0 Å². The average Bonchev–Trinajstić information content (AvgIpc) is 2.90. The molecule has 0 aliphatic heterocycles. The van der Waals surface area contributed by atoms with Crippen molar-refractivity contribution in [2.24, 2.45) is 0 Å². The first-order chi connectivity index (χ1) is 8.79. The van der Waals surface area contributed by atoms with E-state index >= 15 is 0 Å². The van der Waals surface area contributed by atoms with Crippen LogP contribution in [-0.4, -0.2) is 17.4 Å². The van der Waals surface area contributed by atoms with Crippen LogP contribution in [-0.2, 0) is 6.54 Å². The van der Waals surface area contributed by atoms with E-state index in [1.807, 2.05) is 25.1 Å². The number of hydrogen-bond donors (Lipinski definition) is 2. The van der Waals surface area contributed by atoms with E-state index in [1.54, 1.807) is 18.5 Å². The van der Waals surface area contributed by atoms with Crippen molar-refractivity contribution < 1.29 is 9.21 Å². The van der Waals surface area contributed by atoms with Gasteiger partial charge in [-0.1, -0.05) is 0 Å². The molecule has 0 fully saturated rings. The van der Waals surface area contributed by atoms with Crippen molar-refractivity contribution in [1.29, 1.82) is 0 Å². The fourth-order valence-corrected chi connectivity index (χ4v) is 1.52. The number of hydrogen-bond acceptors (Lipinski definition) is 4. The van der Waals surface area contributed by atoms with E-state index in [9.17, 15) is 4.79 Å². The maximum absolute atomic E-state index is 11.6. The molecule has 0 bridgehead atoms. The van der Waals surface area contributed by atoms with Crippen molar-refractivity contribution in [1.82, 2.24) is 10.3 Å². The van der Waals surface area contributed by atoms with Gasteiger partial charge in [-0.3, -0.25) is 9.78 Å². The van der Waals surface area contributed by atoms with E-state index in [1.165, 1.54) is 0 Å². The highest BCUT2D eigenvalue weighted by Crippen LogP contribution is 2.10. The van der Waals surface area contributed by atoms with Crippen LogP contribution in [0, 0.1) is 0 Å². The van der Waals surface area contributed by atoms with Gasteiger partial charge in [0.2, 0.25) is 0 Å². The number of amides is 1. The molecule has 2 heterocycles. The fourth-order valence-electron chi connectivity index (χ4n) is 1.52. The van der Waals surface area contributed by atoms with Crippen molar-refractivity contribution in [2.75, 3.05) is 11.9 Å². The number of furan rings is 1. The van der Waals surface area contributed by atoms with Crippen LogP contribution in [0.1, 0.15) is 23.2 Å². The first kappa shape index (κ1) is 12.2. The minimum atomic E-state index is -0.167. The standard InChI is InChI=1S/C13H15N3O2/c1-2-14-13(17)12-8-10(5-6-15-12)16-9-11-4-3-7-18-11/h3-8H,2,9H2,1H3,(H,14,17)(H,15,16). The molecule has 94 valence electrons. The Kier molecular flexibility index (Phi) is 3.96. The molecule has 0 unspecified atom stereocenters. The highest BCUT2D eigenvalue weighted by Gasteiger charge is 2.06.